The molecule has 4 rings (SSSR count). The number of esters is 1. The number of ketones is 1. The maximum Gasteiger partial charge on any atom is 0.316 e. The molecule has 3 saturated heterocycles. The van der Waals surface area contributed by atoms with Crippen LogP contribution in [0.25, 0.3) is 0 Å². The first-order chi connectivity index (χ1) is 25.4. The van der Waals surface area contributed by atoms with Gasteiger partial charge in [-0.15, -0.1) is 0 Å². The number of likely N-dealkylation sites (N-methyl/N-ethyl adjacent to an activating group) is 1. The lowest BCUT2D eigenvalue weighted by atomic mass is 9.76. The molecule has 12 atom stereocenters. The van der Waals surface area contributed by atoms with E-state index in [1.165, 1.54) is 20.8 Å². The van der Waals surface area contributed by atoms with E-state index in [2.05, 4.69) is 10.1 Å². The molecule has 14 heteroatoms. The fourth-order valence-electron chi connectivity index (χ4n) is 7.79. The van der Waals surface area contributed by atoms with Crippen molar-refractivity contribution < 1.29 is 53.1 Å². The molecule has 3 fully saturated rings. The average Bonchev–Trinajstić information content (AvgIpc) is 3.14. The molecule has 3 heterocycles. The second kappa shape index (κ2) is 18.7. The molecule has 1 amide bonds. The van der Waals surface area contributed by atoms with E-state index in [1.54, 1.807) is 20.8 Å². The second-order valence-electron chi connectivity index (χ2n) is 15.9. The summed E-state index contributed by atoms with van der Waals surface area (Å²) < 4.78 is 32.1. The predicted octanol–water partition coefficient (Wildman–Crippen LogP) is 3.88. The summed E-state index contributed by atoms with van der Waals surface area (Å²) in [5.74, 6) is -4.47. The van der Waals surface area contributed by atoms with Gasteiger partial charge in [-0.05, 0) is 72.5 Å². The lowest BCUT2D eigenvalue weighted by Gasteiger charge is -2.47. The molecule has 1 aromatic rings. The van der Waals surface area contributed by atoms with Gasteiger partial charge in [0.1, 0.15) is 36.0 Å². The van der Waals surface area contributed by atoms with Gasteiger partial charge < -0.3 is 43.6 Å². The molecule has 0 aliphatic carbocycles. The lowest BCUT2D eigenvalue weighted by Crippen LogP contribution is -2.59. The molecule has 54 heavy (non-hydrogen) atoms. The molecule has 0 aromatic heterocycles. The Labute approximate surface area is 319 Å². The number of carbonyl (C=O) groups excluding carboxylic acids is 3. The third-order valence-electron chi connectivity index (χ3n) is 11.0. The van der Waals surface area contributed by atoms with Crippen molar-refractivity contribution in [3.63, 3.8) is 0 Å². The summed E-state index contributed by atoms with van der Waals surface area (Å²) in [6.45, 7) is 13.2. The number of fused-ring (bicyclic) bond motifs is 5. The molecule has 2 bridgehead atoms. The van der Waals surface area contributed by atoms with Crippen LogP contribution in [0, 0.1) is 17.8 Å². The zero-order chi connectivity index (χ0) is 40.0. The summed E-state index contributed by atoms with van der Waals surface area (Å²) in [5, 5.41) is 28.2. The SMILES string of the molecule is CC[C@H]1OC(=O)[C@H](C)C(=O)[C@H](C)[C@@H](O[C@@H]2O[C@H](C)C[C@H](N(C)C)[C@H]2O)[C@@]2(C)C[C@@H](C)C(=NC(C)=O)C[C@@H](OC/C(=N/OCc3ccccc3)CO2)[C@]1(C)O. The Hall–Kier alpha value is -3.11. The number of hydrogen-bond donors (Lipinski definition) is 2. The van der Waals surface area contributed by atoms with Crippen molar-refractivity contribution in [1.29, 1.82) is 0 Å². The number of carbonyl (C=O) groups is 3. The molecule has 0 spiro atoms. The van der Waals surface area contributed by atoms with E-state index in [0.29, 0.717) is 17.8 Å². The topological polar surface area (TPSA) is 175 Å². The monoisotopic (exact) mass is 759 g/mol. The first-order valence-electron chi connectivity index (χ1n) is 19.0. The summed E-state index contributed by atoms with van der Waals surface area (Å²) in [7, 11) is 3.74. The number of hydrogen-bond acceptors (Lipinski definition) is 13. The molecule has 3 aliphatic heterocycles. The molecular formula is C40H61N3O11. The number of aliphatic hydroxyl groups is 2. The number of cyclic esters (lactones) is 1. The van der Waals surface area contributed by atoms with Crippen molar-refractivity contribution in [2.45, 2.75) is 142 Å². The number of oxime groups is 1. The smallest absolute Gasteiger partial charge is 0.316 e. The van der Waals surface area contributed by atoms with Crippen molar-refractivity contribution in [2.24, 2.45) is 27.9 Å². The van der Waals surface area contributed by atoms with Crippen molar-refractivity contribution in [3.8, 4) is 0 Å². The second-order valence-corrected chi connectivity index (χ2v) is 15.9. The van der Waals surface area contributed by atoms with Gasteiger partial charge in [-0.1, -0.05) is 56.3 Å². The van der Waals surface area contributed by atoms with Gasteiger partial charge in [0.15, 0.2) is 12.1 Å². The van der Waals surface area contributed by atoms with Crippen molar-refractivity contribution >= 4 is 29.1 Å². The van der Waals surface area contributed by atoms with E-state index in [1.807, 2.05) is 63.2 Å². The first-order valence-corrected chi connectivity index (χ1v) is 19.0. The quantitative estimate of drug-likeness (QED) is 0.234. The van der Waals surface area contributed by atoms with Gasteiger partial charge in [0.25, 0.3) is 0 Å². The van der Waals surface area contributed by atoms with Gasteiger partial charge in [-0.25, -0.2) is 4.99 Å². The van der Waals surface area contributed by atoms with Crippen molar-refractivity contribution in [3.05, 3.63) is 35.9 Å². The lowest BCUT2D eigenvalue weighted by molar-refractivity contribution is -0.296. The highest BCUT2D eigenvalue weighted by molar-refractivity contribution is 6.00. The Balaban J connectivity index is 1.90. The minimum absolute atomic E-state index is 0.00191. The third-order valence-corrected chi connectivity index (χ3v) is 11.0. The highest BCUT2D eigenvalue weighted by atomic mass is 16.7. The standard InChI is InChI=1S/C40H61N3O11/c1-11-32-40(8,48)33-18-30(41-27(6)44)23(2)19-39(7,50-22-29(21-49-33)42-51-20-28-15-13-12-14-16-28)36(25(4)34(45)26(5)37(47)53-32)54-38-35(46)31(43(9)10)17-24(3)52-38/h12-16,23-26,31-33,35-36,38,46,48H,11,17-22H2,1-10H3/b41-30?,42-29-/t23-,24-,25+,26-,31+,32-,33-,35-,36-,38+,39-,40-/m1/s1. The van der Waals surface area contributed by atoms with Crippen LogP contribution < -0.4 is 0 Å². The van der Waals surface area contributed by atoms with Crippen LogP contribution in [0.2, 0.25) is 0 Å². The first kappa shape index (κ1) is 43.6. The van der Waals surface area contributed by atoms with E-state index in [0.717, 1.165) is 5.56 Å². The third kappa shape index (κ3) is 10.6. The summed E-state index contributed by atoms with van der Waals surface area (Å²) in [6, 6.07) is 9.20. The largest absolute Gasteiger partial charge is 0.459 e. The van der Waals surface area contributed by atoms with Gasteiger partial charge in [-0.2, -0.15) is 0 Å². The summed E-state index contributed by atoms with van der Waals surface area (Å²) in [5.41, 5.74) is -1.51. The van der Waals surface area contributed by atoms with Crippen LogP contribution in [0.5, 0.6) is 0 Å². The van der Waals surface area contributed by atoms with E-state index < -0.39 is 77.3 Å². The number of amides is 1. The molecule has 0 radical (unpaired) electrons. The number of aliphatic imine (C=N–C) groups is 1. The molecule has 0 saturated carbocycles. The van der Waals surface area contributed by atoms with Crippen LogP contribution in [0.1, 0.15) is 86.6 Å². The number of benzene rings is 1. The van der Waals surface area contributed by atoms with E-state index in [-0.39, 0.29) is 51.2 Å². The molecule has 1 aromatic carbocycles. The van der Waals surface area contributed by atoms with E-state index >= 15 is 0 Å². The minimum atomic E-state index is -1.80. The van der Waals surface area contributed by atoms with Crippen LogP contribution >= 0.6 is 0 Å². The fraction of sp³-hybridized carbons (Fsp3) is 0.725. The van der Waals surface area contributed by atoms with Gasteiger partial charge in [0.05, 0.1) is 37.1 Å². The molecule has 3 aliphatic rings. The molecular weight excluding hydrogens is 698 g/mol. The van der Waals surface area contributed by atoms with Gasteiger partial charge in [-0.3, -0.25) is 14.4 Å². The highest BCUT2D eigenvalue weighted by Crippen LogP contribution is 2.39. The number of ether oxygens (including phenoxy) is 5. The highest BCUT2D eigenvalue weighted by Gasteiger charge is 2.51. The number of aliphatic hydroxyl groups excluding tert-OH is 1. The summed E-state index contributed by atoms with van der Waals surface area (Å²) in [6.07, 6.45) is -4.86. The number of nitrogens with zero attached hydrogens (tertiary/aromatic N) is 3. The molecule has 0 unspecified atom stereocenters. The van der Waals surface area contributed by atoms with Gasteiger partial charge in [0, 0.05) is 31.0 Å². The maximum absolute atomic E-state index is 14.4. The zero-order valence-corrected chi connectivity index (χ0v) is 33.5. The Morgan fingerprint density at radius 1 is 1.07 bits per heavy atom. The summed E-state index contributed by atoms with van der Waals surface area (Å²) in [4.78, 5) is 52.8. The number of rotatable bonds is 7. The molecule has 302 valence electrons. The zero-order valence-electron chi connectivity index (χ0n) is 33.5. The van der Waals surface area contributed by atoms with Gasteiger partial charge in [0.2, 0.25) is 5.91 Å². The Kier molecular flexibility index (Phi) is 15.1. The van der Waals surface area contributed by atoms with Crippen LogP contribution in [0.3, 0.4) is 0 Å². The molecule has 2 N–H and O–H groups in total. The van der Waals surface area contributed by atoms with E-state index in [4.69, 9.17) is 28.5 Å². The van der Waals surface area contributed by atoms with E-state index in [9.17, 15) is 24.6 Å². The number of Topliss-reactive ketones (excluding diaryl/α,β-unsaturated/α-hetero) is 1. The minimum Gasteiger partial charge on any atom is -0.459 e. The Morgan fingerprint density at radius 3 is 2.39 bits per heavy atom. The Morgan fingerprint density at radius 2 is 1.76 bits per heavy atom. The normalized spacial score (nSPS) is 39.1. The van der Waals surface area contributed by atoms with Crippen LogP contribution in [0.4, 0.5) is 0 Å². The summed E-state index contributed by atoms with van der Waals surface area (Å²) >= 11 is 0. The van der Waals surface area contributed by atoms with Crippen LogP contribution in [-0.2, 0) is 49.5 Å². The van der Waals surface area contributed by atoms with Crippen molar-refractivity contribution in [2.75, 3.05) is 27.3 Å². The Bertz CT molecular complexity index is 1500. The van der Waals surface area contributed by atoms with Crippen LogP contribution in [0.15, 0.2) is 40.5 Å². The maximum atomic E-state index is 14.4. The van der Waals surface area contributed by atoms with Crippen molar-refractivity contribution in [1.82, 2.24) is 4.90 Å². The molecule has 14 nitrogen and oxygen atoms in total. The fourth-order valence-corrected chi connectivity index (χ4v) is 7.79. The van der Waals surface area contributed by atoms with Gasteiger partial charge >= 0.3 is 5.97 Å². The predicted molar refractivity (Wildman–Crippen MR) is 201 cm³/mol. The van der Waals surface area contributed by atoms with Crippen LogP contribution in [-0.4, -0.2) is 126 Å². The average molecular weight is 760 g/mol.